The topological polar surface area (TPSA) is 94.1 Å². The van der Waals surface area contributed by atoms with E-state index in [9.17, 15) is 0 Å². The van der Waals surface area contributed by atoms with E-state index in [2.05, 4.69) is 49.1 Å². The lowest BCUT2D eigenvalue weighted by molar-refractivity contribution is 0.0921. The number of pyridine rings is 1. The zero-order valence-electron chi connectivity index (χ0n) is 21.5. The molecule has 0 radical (unpaired) electrons. The minimum Gasteiger partial charge on any atom is -0.439 e. The number of anilines is 2. The van der Waals surface area contributed by atoms with Crippen LogP contribution in [0.2, 0.25) is 0 Å². The van der Waals surface area contributed by atoms with Gasteiger partial charge in [-0.1, -0.05) is 30.3 Å². The molecule has 2 fully saturated rings. The Hall–Kier alpha value is -4.17. The average Bonchev–Trinajstić information content (AvgIpc) is 3.27. The third kappa shape index (κ3) is 4.01. The lowest BCUT2D eigenvalue weighted by Crippen LogP contribution is -2.43. The minimum absolute atomic E-state index is 0.437. The highest BCUT2D eigenvalue weighted by molar-refractivity contribution is 6.03. The number of hydrogen-bond donors (Lipinski definition) is 2. The number of nitrogen functional groups attached to an aromatic ring is 1. The molecule has 1 saturated carbocycles. The summed E-state index contributed by atoms with van der Waals surface area (Å²) in [6.07, 6.45) is 7.48. The monoisotopic (exact) mass is 505 g/mol. The predicted octanol–water partition coefficient (Wildman–Crippen LogP) is 5.72. The number of para-hydroxylation sites is 1. The van der Waals surface area contributed by atoms with Gasteiger partial charge in [0, 0.05) is 48.5 Å². The van der Waals surface area contributed by atoms with Gasteiger partial charge in [-0.3, -0.25) is 0 Å². The Morgan fingerprint density at radius 3 is 2.66 bits per heavy atom. The first-order valence-electron chi connectivity index (χ1n) is 13.4. The SMILES string of the molecule is CNc1cc(Oc2ccccc2)nc2cc(-c3cn(C4CC(CN5CCC5)C4)c4ncnc(N)c34)ccc12. The Bertz CT molecular complexity index is 1620. The summed E-state index contributed by atoms with van der Waals surface area (Å²) in [6.45, 7) is 3.73. The molecule has 2 aromatic carbocycles. The number of nitrogens with one attached hydrogen (secondary N) is 1. The average molecular weight is 506 g/mol. The van der Waals surface area contributed by atoms with Gasteiger partial charge in [-0.05, 0) is 62.0 Å². The number of fused-ring (bicyclic) bond motifs is 2. The maximum Gasteiger partial charge on any atom is 0.221 e. The molecular formula is C30H31N7O. The summed E-state index contributed by atoms with van der Waals surface area (Å²) in [5.41, 5.74) is 11.2. The summed E-state index contributed by atoms with van der Waals surface area (Å²) in [5, 5.41) is 5.22. The molecule has 1 saturated heterocycles. The molecule has 2 aliphatic rings. The Balaban J connectivity index is 1.26. The fourth-order valence-corrected chi connectivity index (χ4v) is 5.85. The number of ether oxygens (including phenoxy) is 1. The fraction of sp³-hybridized carbons (Fsp3) is 0.300. The third-order valence-corrected chi connectivity index (χ3v) is 8.04. The molecule has 192 valence electrons. The summed E-state index contributed by atoms with van der Waals surface area (Å²) in [4.78, 5) is 16.4. The lowest BCUT2D eigenvalue weighted by atomic mass is 9.79. The Kier molecular flexibility index (Phi) is 5.62. The Morgan fingerprint density at radius 1 is 1.05 bits per heavy atom. The second-order valence-corrected chi connectivity index (χ2v) is 10.5. The van der Waals surface area contributed by atoms with Crippen LogP contribution in [0.4, 0.5) is 11.5 Å². The van der Waals surface area contributed by atoms with Gasteiger partial charge in [0.05, 0.1) is 10.9 Å². The van der Waals surface area contributed by atoms with Gasteiger partial charge in [-0.15, -0.1) is 0 Å². The van der Waals surface area contributed by atoms with Crippen molar-refractivity contribution in [2.24, 2.45) is 5.92 Å². The highest BCUT2D eigenvalue weighted by Gasteiger charge is 2.34. The molecule has 38 heavy (non-hydrogen) atoms. The van der Waals surface area contributed by atoms with Crippen LogP contribution >= 0.6 is 0 Å². The number of nitrogens with two attached hydrogens (primary N) is 1. The minimum atomic E-state index is 0.437. The van der Waals surface area contributed by atoms with Gasteiger partial charge in [-0.2, -0.15) is 0 Å². The number of aromatic nitrogens is 4. The van der Waals surface area contributed by atoms with Crippen LogP contribution in [0.1, 0.15) is 25.3 Å². The third-order valence-electron chi connectivity index (χ3n) is 8.04. The molecule has 8 nitrogen and oxygen atoms in total. The van der Waals surface area contributed by atoms with E-state index in [1.165, 1.54) is 38.9 Å². The van der Waals surface area contributed by atoms with Crippen molar-refractivity contribution in [1.82, 2.24) is 24.4 Å². The molecule has 7 rings (SSSR count). The van der Waals surface area contributed by atoms with Crippen LogP contribution in [0.5, 0.6) is 11.6 Å². The maximum absolute atomic E-state index is 6.44. The quantitative estimate of drug-likeness (QED) is 0.292. The number of nitrogens with zero attached hydrogens (tertiary/aromatic N) is 5. The Labute approximate surface area is 221 Å². The zero-order chi connectivity index (χ0) is 25.6. The second kappa shape index (κ2) is 9.29. The van der Waals surface area contributed by atoms with E-state index in [1.807, 2.05) is 43.4 Å². The van der Waals surface area contributed by atoms with Crippen molar-refractivity contribution >= 4 is 33.4 Å². The summed E-state index contributed by atoms with van der Waals surface area (Å²) >= 11 is 0. The van der Waals surface area contributed by atoms with Gasteiger partial charge in [0.2, 0.25) is 5.88 Å². The highest BCUT2D eigenvalue weighted by Crippen LogP contribution is 2.44. The van der Waals surface area contributed by atoms with E-state index in [-0.39, 0.29) is 0 Å². The van der Waals surface area contributed by atoms with E-state index in [1.54, 1.807) is 6.33 Å². The first-order chi connectivity index (χ1) is 18.7. The summed E-state index contributed by atoms with van der Waals surface area (Å²) < 4.78 is 8.39. The Morgan fingerprint density at radius 2 is 1.89 bits per heavy atom. The molecule has 1 aliphatic carbocycles. The molecule has 5 aromatic rings. The van der Waals surface area contributed by atoms with E-state index in [4.69, 9.17) is 15.5 Å². The predicted molar refractivity (Wildman–Crippen MR) is 152 cm³/mol. The molecular weight excluding hydrogens is 474 g/mol. The molecule has 0 spiro atoms. The number of benzene rings is 2. The molecule has 1 aliphatic heterocycles. The van der Waals surface area contributed by atoms with Crippen molar-refractivity contribution in [3.8, 4) is 22.8 Å². The smallest absolute Gasteiger partial charge is 0.221 e. The van der Waals surface area contributed by atoms with Gasteiger partial charge in [0.15, 0.2) is 0 Å². The zero-order valence-corrected chi connectivity index (χ0v) is 21.5. The molecule has 0 amide bonds. The number of likely N-dealkylation sites (tertiary alicyclic amines) is 1. The van der Waals surface area contributed by atoms with Crippen molar-refractivity contribution in [2.75, 3.05) is 37.7 Å². The lowest BCUT2D eigenvalue weighted by Gasteiger charge is -2.42. The van der Waals surface area contributed by atoms with Crippen LogP contribution in [0.3, 0.4) is 0 Å². The molecule has 0 atom stereocenters. The van der Waals surface area contributed by atoms with Gasteiger partial charge in [0.1, 0.15) is 23.5 Å². The van der Waals surface area contributed by atoms with Crippen molar-refractivity contribution in [1.29, 1.82) is 0 Å². The number of rotatable bonds is 7. The van der Waals surface area contributed by atoms with Crippen molar-refractivity contribution in [3.05, 3.63) is 67.1 Å². The first kappa shape index (κ1) is 23.0. The molecule has 3 aromatic heterocycles. The summed E-state index contributed by atoms with van der Waals surface area (Å²) in [5.74, 6) is 2.55. The highest BCUT2D eigenvalue weighted by atomic mass is 16.5. The van der Waals surface area contributed by atoms with Crippen molar-refractivity contribution in [2.45, 2.75) is 25.3 Å². The van der Waals surface area contributed by atoms with Crippen LogP contribution in [0.25, 0.3) is 33.1 Å². The van der Waals surface area contributed by atoms with Gasteiger partial charge < -0.3 is 25.3 Å². The van der Waals surface area contributed by atoms with E-state index >= 15 is 0 Å². The number of hydrogen-bond acceptors (Lipinski definition) is 7. The molecule has 8 heteroatoms. The van der Waals surface area contributed by atoms with Crippen LogP contribution in [-0.2, 0) is 0 Å². The van der Waals surface area contributed by atoms with Gasteiger partial charge in [0.25, 0.3) is 0 Å². The summed E-state index contributed by atoms with van der Waals surface area (Å²) in [6, 6.07) is 18.4. The second-order valence-electron chi connectivity index (χ2n) is 10.5. The van der Waals surface area contributed by atoms with Crippen LogP contribution in [-0.4, -0.2) is 51.1 Å². The van der Waals surface area contributed by atoms with Crippen LogP contribution < -0.4 is 15.8 Å². The van der Waals surface area contributed by atoms with E-state index in [0.29, 0.717) is 17.7 Å². The van der Waals surface area contributed by atoms with Gasteiger partial charge >= 0.3 is 0 Å². The van der Waals surface area contributed by atoms with Crippen LogP contribution in [0, 0.1) is 5.92 Å². The fourth-order valence-electron chi connectivity index (χ4n) is 5.85. The molecule has 3 N–H and O–H groups in total. The largest absolute Gasteiger partial charge is 0.439 e. The summed E-state index contributed by atoms with van der Waals surface area (Å²) in [7, 11) is 1.91. The first-order valence-corrected chi connectivity index (χ1v) is 13.4. The standard InChI is InChI=1S/C30H31N7O/c1-32-25-15-27(38-22-6-3-2-4-7-22)35-26-14-20(8-9-23(25)26)24-17-37(30-28(24)29(31)33-18-34-30)21-12-19(13-21)16-36-10-5-11-36/h2-4,6-9,14-15,17-19,21H,5,10-13,16H2,1H3,(H,32,35)(H2,31,33,34). The van der Waals surface area contributed by atoms with E-state index < -0.39 is 0 Å². The normalized spacial score (nSPS) is 19.3. The molecule has 0 unspecified atom stereocenters. The molecule has 0 bridgehead atoms. The van der Waals surface area contributed by atoms with Gasteiger partial charge in [-0.25, -0.2) is 15.0 Å². The van der Waals surface area contributed by atoms with E-state index in [0.717, 1.165) is 50.4 Å². The maximum atomic E-state index is 6.44. The molecule has 4 heterocycles. The van der Waals surface area contributed by atoms with Crippen LogP contribution in [0.15, 0.2) is 67.1 Å². The van der Waals surface area contributed by atoms with Crippen molar-refractivity contribution in [3.63, 3.8) is 0 Å². The van der Waals surface area contributed by atoms with Crippen molar-refractivity contribution < 1.29 is 4.74 Å².